The van der Waals surface area contributed by atoms with Gasteiger partial charge < -0.3 is 14.8 Å². The number of benzene rings is 1. The van der Waals surface area contributed by atoms with Crippen LogP contribution < -0.4 is 15.4 Å². The second-order valence-corrected chi connectivity index (χ2v) is 6.37. The van der Waals surface area contributed by atoms with Crippen molar-refractivity contribution in [3.63, 3.8) is 0 Å². The first kappa shape index (κ1) is 18.1. The Hall–Kier alpha value is -1.91. The third-order valence-electron chi connectivity index (χ3n) is 2.99. The molecule has 0 aliphatic carbocycles. The number of ether oxygens (including phenoxy) is 2. The molecule has 1 unspecified atom stereocenters. The van der Waals surface area contributed by atoms with E-state index in [1.807, 2.05) is 39.0 Å². The minimum absolute atomic E-state index is 0.302. The lowest BCUT2D eigenvalue weighted by Gasteiger charge is -2.22. The second-order valence-electron chi connectivity index (χ2n) is 6.37. The van der Waals surface area contributed by atoms with Gasteiger partial charge in [-0.15, -0.1) is 0 Å². The molecule has 22 heavy (non-hydrogen) atoms. The smallest absolute Gasteiger partial charge is 0.412 e. The molecule has 0 saturated heterocycles. The molecule has 2 N–H and O–H groups in total. The summed E-state index contributed by atoms with van der Waals surface area (Å²) in [7, 11) is 1.62. The van der Waals surface area contributed by atoms with Crippen molar-refractivity contribution in [2.45, 2.75) is 59.1 Å². The molecule has 0 aliphatic rings. The molecule has 1 amide bonds. The van der Waals surface area contributed by atoms with Gasteiger partial charge in [-0.1, -0.05) is 13.3 Å². The molecule has 0 radical (unpaired) electrons. The first-order valence-corrected chi connectivity index (χ1v) is 7.69. The van der Waals surface area contributed by atoms with Gasteiger partial charge in [0.2, 0.25) is 0 Å². The predicted octanol–water partition coefficient (Wildman–Crippen LogP) is 4.64. The molecule has 1 atom stereocenters. The Bertz CT molecular complexity index is 495. The number of carbonyl (C=O) groups is 1. The number of nitrogens with one attached hydrogen (secondary N) is 2. The first-order chi connectivity index (χ1) is 10.2. The van der Waals surface area contributed by atoms with Crippen LogP contribution in [-0.2, 0) is 4.74 Å². The number of hydrogen-bond acceptors (Lipinski definition) is 4. The molecule has 0 spiro atoms. The van der Waals surface area contributed by atoms with Gasteiger partial charge in [0.15, 0.2) is 0 Å². The highest BCUT2D eigenvalue weighted by molar-refractivity contribution is 5.90. The summed E-state index contributed by atoms with van der Waals surface area (Å²) in [6.45, 7) is 9.76. The Morgan fingerprint density at radius 1 is 1.27 bits per heavy atom. The van der Waals surface area contributed by atoms with E-state index in [1.165, 1.54) is 0 Å². The van der Waals surface area contributed by atoms with E-state index >= 15 is 0 Å². The lowest BCUT2D eigenvalue weighted by molar-refractivity contribution is 0.0636. The zero-order chi connectivity index (χ0) is 16.8. The summed E-state index contributed by atoms with van der Waals surface area (Å²) in [4.78, 5) is 12.0. The molecule has 5 heteroatoms. The van der Waals surface area contributed by atoms with E-state index < -0.39 is 11.7 Å². The summed E-state index contributed by atoms with van der Waals surface area (Å²) in [5.41, 5.74) is 0.976. The zero-order valence-electron chi connectivity index (χ0n) is 14.4. The minimum atomic E-state index is -0.528. The number of anilines is 2. The first-order valence-electron chi connectivity index (χ1n) is 7.69. The van der Waals surface area contributed by atoms with Gasteiger partial charge in [-0.05, 0) is 46.2 Å². The van der Waals surface area contributed by atoms with E-state index in [1.54, 1.807) is 7.11 Å². The fourth-order valence-corrected chi connectivity index (χ4v) is 2.06. The van der Waals surface area contributed by atoms with Crippen molar-refractivity contribution in [2.75, 3.05) is 17.7 Å². The van der Waals surface area contributed by atoms with Gasteiger partial charge in [0.1, 0.15) is 11.4 Å². The topological polar surface area (TPSA) is 59.6 Å². The van der Waals surface area contributed by atoms with E-state index in [4.69, 9.17) is 9.47 Å². The lowest BCUT2D eigenvalue weighted by Crippen LogP contribution is -2.27. The van der Waals surface area contributed by atoms with Crippen molar-refractivity contribution in [3.8, 4) is 5.75 Å². The highest BCUT2D eigenvalue weighted by atomic mass is 16.6. The SMILES string of the molecule is CCCC(C)Nc1cc(OC)ccc1NC(=O)OC(C)(C)C. The molecule has 1 rings (SSSR count). The fourth-order valence-electron chi connectivity index (χ4n) is 2.06. The number of carbonyl (C=O) groups excluding carboxylic acids is 1. The normalized spacial score (nSPS) is 12.5. The van der Waals surface area contributed by atoms with Gasteiger partial charge in [0, 0.05) is 12.1 Å². The quantitative estimate of drug-likeness (QED) is 0.803. The maximum Gasteiger partial charge on any atom is 0.412 e. The van der Waals surface area contributed by atoms with Crippen LogP contribution in [0.2, 0.25) is 0 Å². The van der Waals surface area contributed by atoms with Crippen molar-refractivity contribution in [2.24, 2.45) is 0 Å². The van der Waals surface area contributed by atoms with Gasteiger partial charge >= 0.3 is 6.09 Å². The Morgan fingerprint density at radius 3 is 2.50 bits per heavy atom. The van der Waals surface area contributed by atoms with Crippen molar-refractivity contribution in [3.05, 3.63) is 18.2 Å². The van der Waals surface area contributed by atoms with Gasteiger partial charge in [-0.2, -0.15) is 0 Å². The third-order valence-corrected chi connectivity index (χ3v) is 2.99. The standard InChI is InChI=1S/C17H28N2O3/c1-7-8-12(2)18-15-11-13(21-6)9-10-14(15)19-16(20)22-17(3,4)5/h9-12,18H,7-8H2,1-6H3,(H,19,20). The molecule has 124 valence electrons. The summed E-state index contributed by atoms with van der Waals surface area (Å²) in [6, 6.07) is 5.79. The Balaban J connectivity index is 2.90. The van der Waals surface area contributed by atoms with Gasteiger partial charge in [0.05, 0.1) is 18.5 Å². The summed E-state index contributed by atoms with van der Waals surface area (Å²) in [5, 5.41) is 6.19. The van der Waals surface area contributed by atoms with Crippen molar-refractivity contribution in [1.82, 2.24) is 0 Å². The number of hydrogen-bond donors (Lipinski definition) is 2. The van der Waals surface area contributed by atoms with Crippen LogP contribution in [-0.4, -0.2) is 24.8 Å². The predicted molar refractivity (Wildman–Crippen MR) is 90.8 cm³/mol. The summed E-state index contributed by atoms with van der Waals surface area (Å²) in [5.74, 6) is 0.737. The lowest BCUT2D eigenvalue weighted by atomic mass is 10.1. The van der Waals surface area contributed by atoms with Crippen LogP contribution >= 0.6 is 0 Å². The molecule has 5 nitrogen and oxygen atoms in total. The molecule has 1 aromatic carbocycles. The zero-order valence-corrected chi connectivity index (χ0v) is 14.4. The third kappa shape index (κ3) is 6.24. The molecular weight excluding hydrogens is 280 g/mol. The van der Waals surface area contributed by atoms with Gasteiger partial charge in [-0.25, -0.2) is 4.79 Å². The van der Waals surface area contributed by atoms with E-state index in [0.717, 1.165) is 24.3 Å². The summed E-state index contributed by atoms with van der Waals surface area (Å²) in [6.07, 6.45) is 1.67. The Morgan fingerprint density at radius 2 is 1.95 bits per heavy atom. The molecule has 0 bridgehead atoms. The van der Waals surface area contributed by atoms with Crippen molar-refractivity contribution >= 4 is 17.5 Å². The van der Waals surface area contributed by atoms with Crippen LogP contribution in [0.1, 0.15) is 47.5 Å². The van der Waals surface area contributed by atoms with E-state index in [0.29, 0.717) is 11.7 Å². The number of amides is 1. The molecule has 0 saturated carbocycles. The van der Waals surface area contributed by atoms with Gasteiger partial charge in [-0.3, -0.25) is 5.32 Å². The maximum atomic E-state index is 12.0. The highest BCUT2D eigenvalue weighted by Gasteiger charge is 2.17. The van der Waals surface area contributed by atoms with Gasteiger partial charge in [0.25, 0.3) is 0 Å². The van der Waals surface area contributed by atoms with E-state index in [9.17, 15) is 4.79 Å². The molecule has 1 aromatic rings. The minimum Gasteiger partial charge on any atom is -0.497 e. The average Bonchev–Trinajstić information content (AvgIpc) is 2.38. The fraction of sp³-hybridized carbons (Fsp3) is 0.588. The van der Waals surface area contributed by atoms with Crippen LogP contribution in [0.4, 0.5) is 16.2 Å². The molecule has 0 heterocycles. The average molecular weight is 308 g/mol. The Kier molecular flexibility index (Phi) is 6.53. The molecule has 0 fully saturated rings. The summed E-state index contributed by atoms with van der Waals surface area (Å²) < 4.78 is 10.5. The summed E-state index contributed by atoms with van der Waals surface area (Å²) >= 11 is 0. The van der Waals surface area contributed by atoms with Crippen molar-refractivity contribution < 1.29 is 14.3 Å². The van der Waals surface area contributed by atoms with Crippen LogP contribution in [0.25, 0.3) is 0 Å². The van der Waals surface area contributed by atoms with Crippen LogP contribution in [0.15, 0.2) is 18.2 Å². The molecule has 0 aromatic heterocycles. The highest BCUT2D eigenvalue weighted by Crippen LogP contribution is 2.28. The van der Waals surface area contributed by atoms with Crippen LogP contribution in [0.5, 0.6) is 5.75 Å². The maximum absolute atomic E-state index is 12.0. The monoisotopic (exact) mass is 308 g/mol. The van der Waals surface area contributed by atoms with Crippen LogP contribution in [0.3, 0.4) is 0 Å². The number of methoxy groups -OCH3 is 1. The largest absolute Gasteiger partial charge is 0.497 e. The Labute approximate surface area is 133 Å². The number of rotatable bonds is 6. The second kappa shape index (κ2) is 7.92. The van der Waals surface area contributed by atoms with Crippen LogP contribution in [0, 0.1) is 0 Å². The molecular formula is C17H28N2O3. The molecule has 0 aliphatic heterocycles. The van der Waals surface area contributed by atoms with E-state index in [-0.39, 0.29) is 0 Å². The van der Waals surface area contributed by atoms with E-state index in [2.05, 4.69) is 24.5 Å². The van der Waals surface area contributed by atoms with Crippen molar-refractivity contribution in [1.29, 1.82) is 0 Å².